The Balaban J connectivity index is 1.67. The van der Waals surface area contributed by atoms with Crippen molar-refractivity contribution in [3.05, 3.63) is 39.9 Å². The average molecular weight is 323 g/mol. The van der Waals surface area contributed by atoms with Gasteiger partial charge in [-0.15, -0.1) is 0 Å². The van der Waals surface area contributed by atoms with Crippen molar-refractivity contribution in [1.82, 2.24) is 14.9 Å². The minimum absolute atomic E-state index is 0.0210. The first-order chi connectivity index (χ1) is 11.6. The minimum Gasteiger partial charge on any atom is -0.313 e. The van der Waals surface area contributed by atoms with Crippen molar-refractivity contribution in [2.45, 2.75) is 51.0 Å². The number of aromatic nitrogens is 2. The predicted molar refractivity (Wildman–Crippen MR) is 95.3 cm³/mol. The van der Waals surface area contributed by atoms with Crippen molar-refractivity contribution in [2.24, 2.45) is 11.8 Å². The number of benzene rings is 1. The van der Waals surface area contributed by atoms with Crippen LogP contribution in [0.5, 0.6) is 0 Å². The third-order valence-corrected chi connectivity index (χ3v) is 7.06. The van der Waals surface area contributed by atoms with E-state index in [1.807, 2.05) is 6.07 Å². The Kier molecular flexibility index (Phi) is 3.00. The van der Waals surface area contributed by atoms with Gasteiger partial charge in [-0.2, -0.15) is 0 Å². The summed E-state index contributed by atoms with van der Waals surface area (Å²) in [7, 11) is 0. The number of piperidine rings is 1. The molecule has 3 atom stereocenters. The lowest BCUT2D eigenvalue weighted by Gasteiger charge is -2.54. The van der Waals surface area contributed by atoms with Gasteiger partial charge in [-0.05, 0) is 61.3 Å². The van der Waals surface area contributed by atoms with Crippen molar-refractivity contribution >= 4 is 10.9 Å². The summed E-state index contributed by atoms with van der Waals surface area (Å²) in [6, 6.07) is 4.79. The summed E-state index contributed by atoms with van der Waals surface area (Å²) in [6.45, 7) is 7.28. The molecule has 3 aliphatic rings. The zero-order chi connectivity index (χ0) is 16.5. The van der Waals surface area contributed by atoms with E-state index in [0.717, 1.165) is 29.7 Å². The fraction of sp³-hybridized carbons (Fsp3) is 0.600. The second-order valence-corrected chi connectivity index (χ2v) is 8.39. The lowest BCUT2D eigenvalue weighted by molar-refractivity contribution is 0.0291. The molecule has 4 nitrogen and oxygen atoms in total. The van der Waals surface area contributed by atoms with E-state index in [1.54, 1.807) is 6.33 Å². The molecule has 2 bridgehead atoms. The highest BCUT2D eigenvalue weighted by Crippen LogP contribution is 2.50. The number of H-pyrrole nitrogens is 1. The Labute approximate surface area is 142 Å². The summed E-state index contributed by atoms with van der Waals surface area (Å²) in [4.78, 5) is 22.3. The Morgan fingerprint density at radius 1 is 1.38 bits per heavy atom. The van der Waals surface area contributed by atoms with Crippen LogP contribution in [0.1, 0.15) is 44.2 Å². The fourth-order valence-corrected chi connectivity index (χ4v) is 5.24. The minimum atomic E-state index is -0.0210. The maximum atomic E-state index is 12.2. The number of nitrogens with zero attached hydrogens (tertiary/aromatic N) is 2. The highest BCUT2D eigenvalue weighted by molar-refractivity contribution is 5.83. The maximum Gasteiger partial charge on any atom is 0.258 e. The molecule has 4 heteroatoms. The van der Waals surface area contributed by atoms with Gasteiger partial charge < -0.3 is 4.98 Å². The topological polar surface area (TPSA) is 49.0 Å². The zero-order valence-corrected chi connectivity index (χ0v) is 14.5. The number of fused-ring (bicyclic) bond motifs is 6. The summed E-state index contributed by atoms with van der Waals surface area (Å²) < 4.78 is 0. The Morgan fingerprint density at radius 3 is 3.00 bits per heavy atom. The van der Waals surface area contributed by atoms with Crippen molar-refractivity contribution in [3.63, 3.8) is 0 Å². The summed E-state index contributed by atoms with van der Waals surface area (Å²) in [6.07, 6.45) is 6.67. The maximum absolute atomic E-state index is 12.2. The van der Waals surface area contributed by atoms with E-state index in [9.17, 15) is 4.79 Å². The van der Waals surface area contributed by atoms with Crippen molar-refractivity contribution in [2.75, 3.05) is 13.1 Å². The number of aromatic amines is 1. The molecule has 2 unspecified atom stereocenters. The monoisotopic (exact) mass is 323 g/mol. The summed E-state index contributed by atoms with van der Waals surface area (Å²) in [5.41, 5.74) is 3.79. The normalized spacial score (nSPS) is 32.8. The van der Waals surface area contributed by atoms with Gasteiger partial charge in [0.05, 0.1) is 17.2 Å². The largest absolute Gasteiger partial charge is 0.313 e. The summed E-state index contributed by atoms with van der Waals surface area (Å²) >= 11 is 0. The van der Waals surface area contributed by atoms with E-state index >= 15 is 0 Å². The van der Waals surface area contributed by atoms with Gasteiger partial charge in [0.1, 0.15) is 0 Å². The second-order valence-electron chi connectivity index (χ2n) is 8.39. The molecule has 1 N–H and O–H groups in total. The number of nitrogens with one attached hydrogen (secondary N) is 1. The Morgan fingerprint density at radius 2 is 2.21 bits per heavy atom. The van der Waals surface area contributed by atoms with Crippen LogP contribution in [0.4, 0.5) is 0 Å². The molecule has 5 rings (SSSR count). The van der Waals surface area contributed by atoms with Gasteiger partial charge in [-0.25, -0.2) is 4.98 Å². The van der Waals surface area contributed by atoms with Crippen LogP contribution in [0.15, 0.2) is 23.3 Å². The van der Waals surface area contributed by atoms with E-state index < -0.39 is 0 Å². The lowest BCUT2D eigenvalue weighted by atomic mass is 9.58. The van der Waals surface area contributed by atoms with Crippen LogP contribution in [0.25, 0.3) is 10.9 Å². The van der Waals surface area contributed by atoms with Gasteiger partial charge in [0.2, 0.25) is 0 Å². The smallest absolute Gasteiger partial charge is 0.258 e. The Bertz CT molecular complexity index is 869. The molecule has 1 saturated carbocycles. The second kappa shape index (κ2) is 4.92. The molecular formula is C20H25N3O. The molecule has 126 valence electrons. The molecule has 0 amide bonds. The SMILES string of the molecule is C[C@H]1C2Cc3ccc4c(=O)[nH]cnc4c3C1(C)CCN2CC1CC1. The van der Waals surface area contributed by atoms with Crippen molar-refractivity contribution < 1.29 is 0 Å². The Hall–Kier alpha value is -1.68. The van der Waals surface area contributed by atoms with Gasteiger partial charge in [0.25, 0.3) is 5.56 Å². The first-order valence-electron chi connectivity index (χ1n) is 9.32. The first-order valence-corrected chi connectivity index (χ1v) is 9.32. The molecule has 1 aliphatic heterocycles. The van der Waals surface area contributed by atoms with Crippen LogP contribution in [0, 0.1) is 11.8 Å². The van der Waals surface area contributed by atoms with Crippen LogP contribution in [-0.4, -0.2) is 34.0 Å². The van der Waals surface area contributed by atoms with Crippen molar-refractivity contribution in [3.8, 4) is 0 Å². The molecule has 0 radical (unpaired) electrons. The van der Waals surface area contributed by atoms with Crippen LogP contribution in [0.3, 0.4) is 0 Å². The van der Waals surface area contributed by atoms with Gasteiger partial charge in [0.15, 0.2) is 0 Å². The molecule has 1 aromatic heterocycles. The van der Waals surface area contributed by atoms with E-state index in [1.165, 1.54) is 37.1 Å². The molecule has 1 aromatic carbocycles. The molecular weight excluding hydrogens is 298 g/mol. The van der Waals surface area contributed by atoms with E-state index in [-0.39, 0.29) is 11.0 Å². The first kappa shape index (κ1) is 14.6. The van der Waals surface area contributed by atoms with Gasteiger partial charge in [-0.1, -0.05) is 19.9 Å². The van der Waals surface area contributed by atoms with Crippen LogP contribution < -0.4 is 5.56 Å². The molecule has 2 fully saturated rings. The fourth-order valence-electron chi connectivity index (χ4n) is 5.24. The molecule has 2 aliphatic carbocycles. The van der Waals surface area contributed by atoms with E-state index in [4.69, 9.17) is 0 Å². The molecule has 0 spiro atoms. The summed E-state index contributed by atoms with van der Waals surface area (Å²) in [5.74, 6) is 1.55. The molecule has 24 heavy (non-hydrogen) atoms. The van der Waals surface area contributed by atoms with E-state index in [0.29, 0.717) is 12.0 Å². The molecule has 1 saturated heterocycles. The predicted octanol–water partition coefficient (Wildman–Crippen LogP) is 2.86. The third kappa shape index (κ3) is 1.95. The van der Waals surface area contributed by atoms with Crippen LogP contribution in [-0.2, 0) is 11.8 Å². The van der Waals surface area contributed by atoms with Gasteiger partial charge in [-0.3, -0.25) is 9.69 Å². The number of likely N-dealkylation sites (tertiary alicyclic amines) is 1. The van der Waals surface area contributed by atoms with Crippen LogP contribution in [0.2, 0.25) is 0 Å². The van der Waals surface area contributed by atoms with Crippen LogP contribution >= 0.6 is 0 Å². The van der Waals surface area contributed by atoms with Crippen molar-refractivity contribution in [1.29, 1.82) is 0 Å². The zero-order valence-electron chi connectivity index (χ0n) is 14.5. The van der Waals surface area contributed by atoms with Gasteiger partial charge in [0, 0.05) is 18.0 Å². The quantitative estimate of drug-likeness (QED) is 0.924. The lowest BCUT2D eigenvalue weighted by Crippen LogP contribution is -2.58. The highest BCUT2D eigenvalue weighted by Gasteiger charge is 2.49. The van der Waals surface area contributed by atoms with E-state index in [2.05, 4.69) is 34.8 Å². The number of rotatable bonds is 2. The number of hydrogen-bond acceptors (Lipinski definition) is 3. The number of hydrogen-bond donors (Lipinski definition) is 1. The average Bonchev–Trinajstić information content (AvgIpc) is 3.37. The highest BCUT2D eigenvalue weighted by atomic mass is 16.1. The third-order valence-electron chi connectivity index (χ3n) is 7.06. The standard InChI is InChI=1S/C20H25N3O/c1-12-16-9-14-5-6-15-18(21-11-22-19(15)24)17(14)20(12,2)7-8-23(16)10-13-3-4-13/h5-6,11-13,16H,3-4,7-10H2,1-2H3,(H,21,22,24)/t12-,16?,20?/m0/s1. The molecule has 2 heterocycles. The molecule has 2 aromatic rings. The van der Waals surface area contributed by atoms with Gasteiger partial charge >= 0.3 is 0 Å². The summed E-state index contributed by atoms with van der Waals surface area (Å²) in [5, 5.41) is 0.739.